The fraction of sp³-hybridized carbons (Fsp3) is 0.250. The highest BCUT2D eigenvalue weighted by Gasteiger charge is 2.38. The molecule has 15 heteroatoms. The highest BCUT2D eigenvalue weighted by Crippen LogP contribution is 2.24. The number of fused-ring (bicyclic) bond motifs is 2. The van der Waals surface area contributed by atoms with E-state index < -0.39 is 22.3 Å². The second kappa shape index (κ2) is 13.7. The second-order valence-electron chi connectivity index (χ2n) is 9.29. The van der Waals surface area contributed by atoms with Crippen LogP contribution in [-0.2, 0) is 26.3 Å². The molecule has 43 heavy (non-hydrogen) atoms. The third-order valence-corrected chi connectivity index (χ3v) is 7.29. The molecule has 0 aliphatic carbocycles. The molecule has 5 rings (SSSR count). The van der Waals surface area contributed by atoms with Crippen LogP contribution in [0.2, 0.25) is 0 Å². The lowest BCUT2D eigenvalue weighted by atomic mass is 10.1. The van der Waals surface area contributed by atoms with E-state index in [-0.39, 0.29) is 16.8 Å². The van der Waals surface area contributed by atoms with Crippen LogP contribution in [0.1, 0.15) is 12.0 Å². The van der Waals surface area contributed by atoms with Gasteiger partial charge in [0.25, 0.3) is 10.1 Å². The van der Waals surface area contributed by atoms with Gasteiger partial charge in [-0.1, -0.05) is 24.3 Å². The summed E-state index contributed by atoms with van der Waals surface area (Å²) in [7, 11) is -0.791. The Morgan fingerprint density at radius 3 is 2.33 bits per heavy atom. The predicted molar refractivity (Wildman–Crippen MR) is 153 cm³/mol. The van der Waals surface area contributed by atoms with Crippen LogP contribution in [0.5, 0.6) is 5.75 Å². The van der Waals surface area contributed by atoms with Crippen LogP contribution >= 0.6 is 0 Å². The third-order valence-electron chi connectivity index (χ3n) is 6.44. The van der Waals surface area contributed by atoms with E-state index in [0.29, 0.717) is 23.5 Å². The Labute approximate surface area is 244 Å². The zero-order chi connectivity index (χ0) is 31.9. The number of ether oxygens (including phenoxy) is 1. The van der Waals surface area contributed by atoms with Crippen LogP contribution in [0, 0.1) is 0 Å². The van der Waals surface area contributed by atoms with Crippen molar-refractivity contribution < 1.29 is 45.6 Å². The molecule has 11 nitrogen and oxygen atoms in total. The Kier molecular flexibility index (Phi) is 10.5. The highest BCUT2D eigenvalue weighted by molar-refractivity contribution is 7.85. The monoisotopic (exact) mass is 622 g/mol. The molecule has 2 heterocycles. The number of halogens is 3. The summed E-state index contributed by atoms with van der Waals surface area (Å²) in [5.74, 6) is -1.41. The van der Waals surface area contributed by atoms with Crippen LogP contribution < -0.4 is 15.8 Å². The van der Waals surface area contributed by atoms with E-state index in [1.165, 1.54) is 19.2 Å². The highest BCUT2D eigenvalue weighted by atomic mass is 32.2. The Bertz CT molecular complexity index is 1730. The average molecular weight is 623 g/mol. The molecule has 0 bridgehead atoms. The number of carbonyl (C=O) groups is 2. The van der Waals surface area contributed by atoms with Gasteiger partial charge in [-0.2, -0.15) is 21.6 Å². The number of aromatic nitrogens is 1. The average Bonchev–Trinajstić information content (AvgIpc) is 3.31. The first-order chi connectivity index (χ1) is 20.1. The number of pyridine rings is 1. The number of hydrogen-bond acceptors (Lipinski definition) is 8. The Morgan fingerprint density at radius 1 is 1.09 bits per heavy atom. The van der Waals surface area contributed by atoms with Gasteiger partial charge in [-0.15, -0.1) is 0 Å². The first-order valence-electron chi connectivity index (χ1n) is 12.6. The minimum atomic E-state index is -5.08. The van der Waals surface area contributed by atoms with E-state index >= 15 is 0 Å². The number of carboxylic acids is 1. The minimum Gasteiger partial charge on any atom is -0.497 e. The summed E-state index contributed by atoms with van der Waals surface area (Å²) in [6, 6.07) is 17.7. The van der Waals surface area contributed by atoms with Crippen LogP contribution in [0.15, 0.2) is 71.8 Å². The quantitative estimate of drug-likeness (QED) is 0.240. The lowest BCUT2D eigenvalue weighted by Crippen LogP contribution is -2.35. The normalized spacial score (nSPS) is 15.0. The summed E-state index contributed by atoms with van der Waals surface area (Å²) in [6.07, 6.45) is -2.51. The number of anilines is 1. The molecular formula is C28H29F3N4O7S. The minimum absolute atomic E-state index is 0.0396. The van der Waals surface area contributed by atoms with Gasteiger partial charge < -0.3 is 25.8 Å². The second-order valence-corrected chi connectivity index (χ2v) is 10.7. The van der Waals surface area contributed by atoms with Crippen molar-refractivity contribution in [2.24, 2.45) is 0 Å². The van der Waals surface area contributed by atoms with Crippen molar-refractivity contribution in [1.82, 2.24) is 15.2 Å². The third kappa shape index (κ3) is 8.76. The smallest absolute Gasteiger partial charge is 0.490 e. The summed E-state index contributed by atoms with van der Waals surface area (Å²) >= 11 is 0. The van der Waals surface area contributed by atoms with Gasteiger partial charge in [0.05, 0.1) is 18.0 Å². The van der Waals surface area contributed by atoms with Crippen LogP contribution in [0.25, 0.3) is 21.5 Å². The number of rotatable bonds is 5. The number of carboxylic acid groups (broad SMARTS) is 1. The number of methoxy groups -OCH3 is 1. The van der Waals surface area contributed by atoms with Gasteiger partial charge in [-0.25, -0.2) is 9.78 Å². The lowest BCUT2D eigenvalue weighted by molar-refractivity contribution is -0.192. The first kappa shape index (κ1) is 33.0. The lowest BCUT2D eigenvalue weighted by Gasteiger charge is -2.17. The predicted octanol–water partition coefficient (Wildman–Crippen LogP) is 3.87. The van der Waals surface area contributed by atoms with Crippen molar-refractivity contribution in [1.29, 1.82) is 0 Å². The van der Waals surface area contributed by atoms with Gasteiger partial charge >= 0.3 is 12.1 Å². The van der Waals surface area contributed by atoms with Gasteiger partial charge in [0, 0.05) is 24.7 Å². The number of carbonyl (C=O) groups excluding carboxylic acids is 1. The standard InChI is InChI=1S/C15H18N4O.C11H10O4S.C2HF3O2/c1-17-13-5-7-19(15(13)20)9-10-2-3-11-4-6-18-14(16)12(11)8-10;1-15-10-4-2-8-3-5-11(16(12,13)14)7-9(8)6-10;3-2(4,5)1(6)7/h2-4,6,8,13,17H,5,7,9H2,1H3,(H2,16,18);2-7H,1H3,(H,12,13,14);(H,6,7)/t13-;;/m0../s1. The van der Waals surface area contributed by atoms with E-state index in [4.69, 9.17) is 24.9 Å². The number of nitrogens with two attached hydrogens (primary N) is 1. The zero-order valence-corrected chi connectivity index (χ0v) is 23.8. The van der Waals surface area contributed by atoms with Gasteiger partial charge in [0.2, 0.25) is 5.91 Å². The van der Waals surface area contributed by atoms with Gasteiger partial charge in [0.1, 0.15) is 11.6 Å². The first-order valence-corrected chi connectivity index (χ1v) is 14.0. The molecule has 1 saturated heterocycles. The number of nitrogen functional groups attached to an aromatic ring is 1. The van der Waals surface area contributed by atoms with Crippen molar-refractivity contribution in [3.8, 4) is 5.75 Å². The number of aliphatic carboxylic acids is 1. The Hall–Kier alpha value is -4.47. The SMILES string of the molecule is CN[C@H]1CCN(Cc2ccc3ccnc(N)c3c2)C1=O.COc1ccc2ccc(S(=O)(=O)O)cc2c1.O=C(O)C(F)(F)F. The fourth-order valence-corrected chi connectivity index (χ4v) is 4.73. The number of nitrogens with one attached hydrogen (secondary N) is 1. The summed E-state index contributed by atoms with van der Waals surface area (Å²) in [6.45, 7) is 1.42. The fourth-order valence-electron chi connectivity index (χ4n) is 4.21. The maximum Gasteiger partial charge on any atom is 0.490 e. The number of hydrogen-bond donors (Lipinski definition) is 4. The molecule has 0 radical (unpaired) electrons. The Morgan fingerprint density at radius 2 is 1.74 bits per heavy atom. The molecule has 3 aromatic carbocycles. The van der Waals surface area contributed by atoms with Crippen molar-refractivity contribution in [3.63, 3.8) is 0 Å². The molecule has 0 unspecified atom stereocenters. The van der Waals surface area contributed by atoms with Crippen molar-refractivity contribution in [3.05, 3.63) is 72.4 Å². The van der Waals surface area contributed by atoms with E-state index in [9.17, 15) is 26.4 Å². The summed E-state index contributed by atoms with van der Waals surface area (Å²) in [5, 5.41) is 13.8. The van der Waals surface area contributed by atoms with Crippen LogP contribution in [0.3, 0.4) is 0 Å². The van der Waals surface area contributed by atoms with E-state index in [1.54, 1.807) is 24.4 Å². The Balaban J connectivity index is 0.000000197. The molecule has 1 aliphatic heterocycles. The van der Waals surface area contributed by atoms with E-state index in [1.807, 2.05) is 42.3 Å². The molecule has 5 N–H and O–H groups in total. The molecule has 0 spiro atoms. The number of likely N-dealkylation sites (N-methyl/N-ethyl adjacent to an activating group) is 1. The van der Waals surface area contributed by atoms with Gasteiger partial charge in [0.15, 0.2) is 0 Å². The molecule has 1 fully saturated rings. The van der Waals surface area contributed by atoms with Gasteiger partial charge in [-0.3, -0.25) is 9.35 Å². The molecule has 230 valence electrons. The maximum absolute atomic E-state index is 12.1. The zero-order valence-electron chi connectivity index (χ0n) is 23.0. The van der Waals surface area contributed by atoms with E-state index in [0.717, 1.165) is 34.7 Å². The molecule has 0 saturated carbocycles. The molecular weight excluding hydrogens is 593 g/mol. The molecule has 4 aromatic rings. The summed E-state index contributed by atoms with van der Waals surface area (Å²) in [4.78, 5) is 26.9. The van der Waals surface area contributed by atoms with Crippen molar-refractivity contribution >= 4 is 49.4 Å². The van der Waals surface area contributed by atoms with Gasteiger partial charge in [-0.05, 0) is 71.6 Å². The topological polar surface area (TPSA) is 172 Å². The molecule has 1 aliphatic rings. The van der Waals surface area contributed by atoms with Crippen molar-refractivity contribution in [2.75, 3.05) is 26.4 Å². The van der Waals surface area contributed by atoms with Crippen LogP contribution in [0.4, 0.5) is 19.0 Å². The van der Waals surface area contributed by atoms with E-state index in [2.05, 4.69) is 10.3 Å². The number of benzene rings is 3. The van der Waals surface area contributed by atoms with Crippen molar-refractivity contribution in [2.45, 2.75) is 30.1 Å². The molecule has 1 aromatic heterocycles. The maximum atomic E-state index is 12.1. The number of alkyl halides is 3. The molecule has 1 amide bonds. The van der Waals surface area contributed by atoms with Crippen LogP contribution in [-0.4, -0.2) is 72.8 Å². The molecule has 1 atom stereocenters. The number of likely N-dealkylation sites (tertiary alicyclic amines) is 1. The summed E-state index contributed by atoms with van der Waals surface area (Å²) < 4.78 is 67.6. The largest absolute Gasteiger partial charge is 0.497 e. The number of nitrogens with zero attached hydrogens (tertiary/aromatic N) is 2. The number of amides is 1. The summed E-state index contributed by atoms with van der Waals surface area (Å²) in [5.41, 5.74) is 6.99.